The maximum absolute atomic E-state index is 13.2. The topological polar surface area (TPSA) is 73.2 Å². The molecule has 0 aromatic heterocycles. The third kappa shape index (κ3) is 4.07. The van der Waals surface area contributed by atoms with Crippen LogP contribution in [0.25, 0.3) is 0 Å². The fourth-order valence-electron chi connectivity index (χ4n) is 4.64. The van der Waals surface area contributed by atoms with Gasteiger partial charge in [0.05, 0.1) is 17.7 Å². The van der Waals surface area contributed by atoms with Crippen LogP contribution >= 0.6 is 0 Å². The summed E-state index contributed by atoms with van der Waals surface area (Å²) in [6.45, 7) is 2.29. The van der Waals surface area contributed by atoms with E-state index in [1.807, 2.05) is 36.4 Å². The second-order valence-electron chi connectivity index (χ2n) is 8.43. The van der Waals surface area contributed by atoms with E-state index in [1.54, 1.807) is 17.0 Å². The molecule has 0 saturated carbocycles. The molecule has 3 aromatic rings. The molecule has 2 aliphatic rings. The summed E-state index contributed by atoms with van der Waals surface area (Å²) in [7, 11) is 0. The first-order chi connectivity index (χ1) is 15.6. The number of aromatic hydroxyl groups is 1. The summed E-state index contributed by atoms with van der Waals surface area (Å²) in [6.07, 6.45) is 0.308. The van der Waals surface area contributed by atoms with Gasteiger partial charge in [0.2, 0.25) is 0 Å². The molecule has 2 atom stereocenters. The Kier molecular flexibility index (Phi) is 5.55. The van der Waals surface area contributed by atoms with Crippen LogP contribution in [-0.4, -0.2) is 57.7 Å². The number of carbonyl (C=O) groups excluding carboxylic acids is 1. The Balaban J connectivity index is 1.31. The minimum atomic E-state index is -0.630. The summed E-state index contributed by atoms with van der Waals surface area (Å²) < 4.78 is 5.82. The van der Waals surface area contributed by atoms with Gasteiger partial charge in [0, 0.05) is 26.2 Å². The average molecular weight is 431 g/mol. The Morgan fingerprint density at radius 1 is 0.906 bits per heavy atom. The van der Waals surface area contributed by atoms with Gasteiger partial charge in [-0.2, -0.15) is 0 Å². The number of phenols is 1. The second-order valence-corrected chi connectivity index (χ2v) is 8.43. The number of fused-ring (bicyclic) bond motifs is 1. The Bertz CT molecular complexity index is 1120. The third-order valence-corrected chi connectivity index (χ3v) is 6.35. The molecule has 5 rings (SSSR count). The minimum Gasteiger partial charge on any atom is -0.507 e. The van der Waals surface area contributed by atoms with Crippen LogP contribution in [0.4, 0.5) is 0 Å². The molecule has 6 nitrogen and oxygen atoms in total. The maximum Gasteiger partial charge on any atom is 0.257 e. The molecule has 2 heterocycles. The lowest BCUT2D eigenvalue weighted by molar-refractivity contribution is 0.0734. The van der Waals surface area contributed by atoms with Crippen molar-refractivity contribution in [3.05, 3.63) is 89.5 Å². The van der Waals surface area contributed by atoms with Crippen LogP contribution < -0.4 is 4.74 Å². The Hall–Kier alpha value is -3.35. The lowest BCUT2D eigenvalue weighted by Crippen LogP contribution is -2.45. The molecule has 2 N–H and O–H groups in total. The number of hydrogen-bond acceptors (Lipinski definition) is 5. The van der Waals surface area contributed by atoms with E-state index in [0.717, 1.165) is 19.5 Å². The fourth-order valence-corrected chi connectivity index (χ4v) is 4.64. The zero-order chi connectivity index (χ0) is 22.1. The zero-order valence-corrected chi connectivity index (χ0v) is 17.7. The van der Waals surface area contributed by atoms with Crippen LogP contribution in [-0.2, 0) is 13.0 Å². The van der Waals surface area contributed by atoms with Crippen molar-refractivity contribution in [3.63, 3.8) is 0 Å². The van der Waals surface area contributed by atoms with Crippen molar-refractivity contribution in [2.75, 3.05) is 19.6 Å². The van der Waals surface area contributed by atoms with Gasteiger partial charge in [-0.3, -0.25) is 9.69 Å². The van der Waals surface area contributed by atoms with Gasteiger partial charge >= 0.3 is 0 Å². The molecule has 6 heteroatoms. The van der Waals surface area contributed by atoms with Gasteiger partial charge in [0.1, 0.15) is 17.2 Å². The van der Waals surface area contributed by atoms with Gasteiger partial charge in [0.25, 0.3) is 5.91 Å². The monoisotopic (exact) mass is 430 g/mol. The molecule has 1 saturated heterocycles. The van der Waals surface area contributed by atoms with Crippen molar-refractivity contribution in [1.82, 2.24) is 9.80 Å². The molecule has 1 amide bonds. The number of nitrogens with zero attached hydrogens (tertiary/aromatic N) is 2. The van der Waals surface area contributed by atoms with Crippen molar-refractivity contribution in [2.45, 2.75) is 25.1 Å². The van der Waals surface area contributed by atoms with E-state index in [9.17, 15) is 15.0 Å². The molecular weight excluding hydrogens is 404 g/mol. The van der Waals surface area contributed by atoms with E-state index in [1.165, 1.54) is 17.2 Å². The SMILES string of the molecule is O=C(c1cc(Oc2ccccc2)ccc1O)N1CC(O)C(N2CCc3ccccc3C2)C1. The predicted octanol–water partition coefficient (Wildman–Crippen LogP) is 3.43. The molecule has 0 aliphatic carbocycles. The van der Waals surface area contributed by atoms with E-state index < -0.39 is 6.10 Å². The first-order valence-corrected chi connectivity index (χ1v) is 10.9. The molecule has 3 aromatic carbocycles. The summed E-state index contributed by atoms with van der Waals surface area (Å²) in [5, 5.41) is 21.1. The van der Waals surface area contributed by atoms with Crippen LogP contribution in [0, 0.1) is 0 Å². The van der Waals surface area contributed by atoms with E-state index in [2.05, 4.69) is 23.1 Å². The van der Waals surface area contributed by atoms with Gasteiger partial charge in [0.15, 0.2) is 0 Å². The molecule has 1 fully saturated rings. The number of para-hydroxylation sites is 1. The number of benzene rings is 3. The quantitative estimate of drug-likeness (QED) is 0.664. The Labute approximate surface area is 187 Å². The summed E-state index contributed by atoms with van der Waals surface area (Å²) in [5.41, 5.74) is 2.80. The highest BCUT2D eigenvalue weighted by atomic mass is 16.5. The van der Waals surface area contributed by atoms with Gasteiger partial charge in [-0.1, -0.05) is 42.5 Å². The number of aliphatic hydroxyl groups is 1. The van der Waals surface area contributed by atoms with Crippen molar-refractivity contribution >= 4 is 5.91 Å². The van der Waals surface area contributed by atoms with E-state index >= 15 is 0 Å². The maximum atomic E-state index is 13.2. The van der Waals surface area contributed by atoms with Crippen LogP contribution in [0.1, 0.15) is 21.5 Å². The smallest absolute Gasteiger partial charge is 0.257 e. The largest absolute Gasteiger partial charge is 0.507 e. The molecule has 2 unspecified atom stereocenters. The molecular formula is C26H26N2O4. The highest BCUT2D eigenvalue weighted by molar-refractivity contribution is 5.97. The molecule has 0 spiro atoms. The summed E-state index contributed by atoms with van der Waals surface area (Å²) in [6, 6.07) is 22.2. The first-order valence-electron chi connectivity index (χ1n) is 10.9. The van der Waals surface area contributed by atoms with Crippen LogP contribution in [0.3, 0.4) is 0 Å². The fraction of sp³-hybridized carbons (Fsp3) is 0.269. The van der Waals surface area contributed by atoms with Gasteiger partial charge in [-0.15, -0.1) is 0 Å². The van der Waals surface area contributed by atoms with Gasteiger partial charge < -0.3 is 19.8 Å². The van der Waals surface area contributed by atoms with Crippen LogP contribution in [0.2, 0.25) is 0 Å². The number of phenolic OH excluding ortho intramolecular Hbond substituents is 1. The summed E-state index contributed by atoms with van der Waals surface area (Å²) in [4.78, 5) is 17.1. The molecule has 0 radical (unpaired) electrons. The molecule has 164 valence electrons. The number of hydrogen-bond donors (Lipinski definition) is 2. The number of amides is 1. The minimum absolute atomic E-state index is 0.0970. The number of β-amino-alcohol motifs (C(OH)–C–C–N with tert-alkyl or cyclic N) is 1. The normalized spacial score (nSPS) is 20.7. The summed E-state index contributed by atoms with van der Waals surface area (Å²) >= 11 is 0. The lowest BCUT2D eigenvalue weighted by atomic mass is 9.98. The standard InChI is InChI=1S/C26H26N2O4/c29-24-11-10-21(32-20-8-2-1-3-9-20)14-22(24)26(31)28-16-23(25(30)17-28)27-13-12-18-6-4-5-7-19(18)15-27/h1-11,14,23,25,29-30H,12-13,15-17H2. The van der Waals surface area contributed by atoms with E-state index in [-0.39, 0.29) is 29.8 Å². The third-order valence-electron chi connectivity index (χ3n) is 6.35. The van der Waals surface area contributed by atoms with Gasteiger partial charge in [-0.25, -0.2) is 0 Å². The predicted molar refractivity (Wildman–Crippen MR) is 121 cm³/mol. The Morgan fingerprint density at radius 2 is 1.66 bits per heavy atom. The van der Waals surface area contributed by atoms with Gasteiger partial charge in [-0.05, 0) is 47.9 Å². The Morgan fingerprint density at radius 3 is 2.47 bits per heavy atom. The average Bonchev–Trinajstić information content (AvgIpc) is 3.22. The van der Waals surface area contributed by atoms with E-state index in [4.69, 9.17) is 4.74 Å². The van der Waals surface area contributed by atoms with Crippen molar-refractivity contribution in [1.29, 1.82) is 0 Å². The number of carbonyl (C=O) groups is 1. The second kappa shape index (κ2) is 8.65. The lowest BCUT2D eigenvalue weighted by Gasteiger charge is -2.34. The molecule has 0 bridgehead atoms. The highest BCUT2D eigenvalue weighted by Crippen LogP contribution is 2.30. The highest BCUT2D eigenvalue weighted by Gasteiger charge is 2.39. The van der Waals surface area contributed by atoms with Crippen molar-refractivity contribution in [2.24, 2.45) is 0 Å². The molecule has 2 aliphatic heterocycles. The van der Waals surface area contributed by atoms with Crippen LogP contribution in [0.15, 0.2) is 72.8 Å². The molecule has 32 heavy (non-hydrogen) atoms. The van der Waals surface area contributed by atoms with Crippen LogP contribution in [0.5, 0.6) is 17.2 Å². The van der Waals surface area contributed by atoms with E-state index in [0.29, 0.717) is 18.0 Å². The van der Waals surface area contributed by atoms with Crippen molar-refractivity contribution < 1.29 is 19.7 Å². The zero-order valence-electron chi connectivity index (χ0n) is 17.7. The van der Waals surface area contributed by atoms with Crippen molar-refractivity contribution in [3.8, 4) is 17.2 Å². The number of likely N-dealkylation sites (tertiary alicyclic amines) is 1. The summed E-state index contributed by atoms with van der Waals surface area (Å²) in [5.74, 6) is 0.722. The number of aliphatic hydroxyl groups excluding tert-OH is 1. The first kappa shape index (κ1) is 20.5. The number of rotatable bonds is 4. The number of ether oxygens (including phenoxy) is 1.